The van der Waals surface area contributed by atoms with Gasteiger partial charge in [0.2, 0.25) is 5.95 Å². The predicted octanol–water partition coefficient (Wildman–Crippen LogP) is 4.12. The van der Waals surface area contributed by atoms with Gasteiger partial charge in [0.1, 0.15) is 5.75 Å². The Morgan fingerprint density at radius 3 is 2.24 bits per heavy atom. The molecule has 190 valence electrons. The summed E-state index contributed by atoms with van der Waals surface area (Å²) in [5.74, 6) is 0.786. The number of nitrogens with zero attached hydrogens (tertiary/aromatic N) is 4. The summed E-state index contributed by atoms with van der Waals surface area (Å²) in [7, 11) is 2.95. The Morgan fingerprint density at radius 1 is 0.865 bits per heavy atom. The van der Waals surface area contributed by atoms with E-state index in [1.165, 1.54) is 23.9 Å². The average molecular weight is 499 g/mol. The molecule has 1 saturated heterocycles. The molecule has 1 aliphatic heterocycles. The van der Waals surface area contributed by atoms with Crippen molar-refractivity contribution >= 4 is 28.5 Å². The molecule has 8 heteroatoms. The summed E-state index contributed by atoms with van der Waals surface area (Å²) in [6, 6.07) is 18.7. The highest BCUT2D eigenvalue weighted by Crippen LogP contribution is 2.26. The van der Waals surface area contributed by atoms with Gasteiger partial charge in [0.05, 0.1) is 36.4 Å². The van der Waals surface area contributed by atoms with Crippen LogP contribution in [0.4, 0.5) is 11.6 Å². The number of carbonyl (C=O) groups excluding carboxylic acids is 1. The Labute approximate surface area is 215 Å². The fourth-order valence-corrected chi connectivity index (χ4v) is 4.80. The highest BCUT2D eigenvalue weighted by molar-refractivity contribution is 5.94. The molecule has 0 unspecified atom stereocenters. The monoisotopic (exact) mass is 498 g/mol. The van der Waals surface area contributed by atoms with Crippen molar-refractivity contribution in [1.82, 2.24) is 9.55 Å². The van der Waals surface area contributed by atoms with Gasteiger partial charge in [-0.2, -0.15) is 0 Å². The summed E-state index contributed by atoms with van der Waals surface area (Å²) in [4.78, 5) is 35.4. The maximum atomic E-state index is 13.8. The number of hydrogen-bond acceptors (Lipinski definition) is 7. The van der Waals surface area contributed by atoms with E-state index in [9.17, 15) is 9.59 Å². The van der Waals surface area contributed by atoms with Crippen molar-refractivity contribution in [1.29, 1.82) is 0 Å². The van der Waals surface area contributed by atoms with E-state index in [1.807, 2.05) is 24.3 Å². The molecule has 1 fully saturated rings. The van der Waals surface area contributed by atoms with Gasteiger partial charge >= 0.3 is 5.97 Å². The van der Waals surface area contributed by atoms with Gasteiger partial charge < -0.3 is 19.3 Å². The molecule has 0 saturated carbocycles. The van der Waals surface area contributed by atoms with Crippen molar-refractivity contribution in [3.05, 3.63) is 87.7 Å². The van der Waals surface area contributed by atoms with Crippen LogP contribution < -0.4 is 20.1 Å². The van der Waals surface area contributed by atoms with Crippen LogP contribution in [0.3, 0.4) is 0 Å². The van der Waals surface area contributed by atoms with E-state index in [1.54, 1.807) is 29.9 Å². The molecule has 2 heterocycles. The number of carbonyl (C=O) groups is 1. The van der Waals surface area contributed by atoms with Gasteiger partial charge in [-0.05, 0) is 73.5 Å². The van der Waals surface area contributed by atoms with Gasteiger partial charge in [0.25, 0.3) is 5.56 Å². The molecule has 0 bridgehead atoms. The molecular weight excluding hydrogens is 468 g/mol. The van der Waals surface area contributed by atoms with E-state index >= 15 is 0 Å². The van der Waals surface area contributed by atoms with Crippen LogP contribution >= 0.6 is 0 Å². The van der Waals surface area contributed by atoms with Crippen molar-refractivity contribution in [2.45, 2.75) is 13.8 Å². The number of ether oxygens (including phenoxy) is 2. The molecule has 0 amide bonds. The number of aromatic nitrogens is 2. The number of fused-ring (bicyclic) bond motifs is 1. The second kappa shape index (κ2) is 9.97. The Bertz CT molecular complexity index is 1520. The van der Waals surface area contributed by atoms with Crippen LogP contribution in [0.15, 0.2) is 65.5 Å². The smallest absolute Gasteiger partial charge is 0.337 e. The standard InChI is InChI=1S/C29H30N4O4/c1-19-5-6-20(2)26(17-19)31-13-15-32(16-14-31)29-30-25-18-21(28(35)37-4)7-12-24(25)27(34)33(29)22-8-10-23(36-3)11-9-22/h5-12,17-18H,13-16H2,1-4H3. The molecule has 0 N–H and O–H groups in total. The SMILES string of the molecule is COC(=O)c1ccc2c(=O)n(-c3ccc(OC)cc3)c(N3CCN(c4cc(C)ccc4C)CC3)nc2c1. The summed E-state index contributed by atoms with van der Waals surface area (Å²) >= 11 is 0. The van der Waals surface area contributed by atoms with E-state index in [0.29, 0.717) is 46.9 Å². The number of anilines is 2. The minimum atomic E-state index is -0.466. The lowest BCUT2D eigenvalue weighted by atomic mass is 10.1. The number of methoxy groups -OCH3 is 2. The van der Waals surface area contributed by atoms with Crippen molar-refractivity contribution in [3.8, 4) is 11.4 Å². The van der Waals surface area contributed by atoms with Gasteiger partial charge in [0, 0.05) is 31.9 Å². The quantitative estimate of drug-likeness (QED) is 0.383. The molecular formula is C29H30N4O4. The fourth-order valence-electron chi connectivity index (χ4n) is 4.80. The molecule has 4 aromatic rings. The van der Waals surface area contributed by atoms with E-state index < -0.39 is 5.97 Å². The van der Waals surface area contributed by atoms with E-state index in [0.717, 1.165) is 13.1 Å². The van der Waals surface area contributed by atoms with Crippen molar-refractivity contribution in [3.63, 3.8) is 0 Å². The van der Waals surface area contributed by atoms with Gasteiger partial charge in [-0.15, -0.1) is 0 Å². The number of benzene rings is 3. The molecule has 0 atom stereocenters. The van der Waals surface area contributed by atoms with Crippen LogP contribution in [-0.4, -0.2) is 55.9 Å². The van der Waals surface area contributed by atoms with Crippen LogP contribution in [0, 0.1) is 13.8 Å². The van der Waals surface area contributed by atoms with E-state index in [4.69, 9.17) is 14.5 Å². The van der Waals surface area contributed by atoms with Crippen molar-refractivity contribution in [2.24, 2.45) is 0 Å². The lowest BCUT2D eigenvalue weighted by molar-refractivity contribution is 0.0601. The zero-order valence-corrected chi connectivity index (χ0v) is 21.5. The molecule has 5 rings (SSSR count). The second-order valence-corrected chi connectivity index (χ2v) is 9.24. The molecule has 1 aromatic heterocycles. The molecule has 1 aliphatic rings. The molecule has 8 nitrogen and oxygen atoms in total. The summed E-state index contributed by atoms with van der Waals surface area (Å²) in [6.45, 7) is 7.21. The summed E-state index contributed by atoms with van der Waals surface area (Å²) in [5, 5.41) is 0.432. The zero-order chi connectivity index (χ0) is 26.1. The first-order valence-corrected chi connectivity index (χ1v) is 12.3. The van der Waals surface area contributed by atoms with Gasteiger partial charge in [-0.1, -0.05) is 12.1 Å². The highest BCUT2D eigenvalue weighted by atomic mass is 16.5. The summed E-state index contributed by atoms with van der Waals surface area (Å²) in [5.41, 5.74) is 5.03. The van der Waals surface area contributed by atoms with Crippen molar-refractivity contribution in [2.75, 3.05) is 50.2 Å². The number of piperazine rings is 1. The topological polar surface area (TPSA) is 76.9 Å². The maximum absolute atomic E-state index is 13.8. The first-order chi connectivity index (χ1) is 17.9. The Hall–Kier alpha value is -4.33. The van der Waals surface area contributed by atoms with E-state index in [2.05, 4.69) is 41.8 Å². The van der Waals surface area contributed by atoms with Gasteiger partial charge in [-0.25, -0.2) is 14.3 Å². The van der Waals surface area contributed by atoms with Crippen LogP contribution in [0.25, 0.3) is 16.6 Å². The maximum Gasteiger partial charge on any atom is 0.337 e. The highest BCUT2D eigenvalue weighted by Gasteiger charge is 2.24. The van der Waals surface area contributed by atoms with Gasteiger partial charge in [-0.3, -0.25) is 4.79 Å². The van der Waals surface area contributed by atoms with Crippen molar-refractivity contribution < 1.29 is 14.3 Å². The lowest BCUT2D eigenvalue weighted by Crippen LogP contribution is -2.48. The Morgan fingerprint density at radius 2 is 1.57 bits per heavy atom. The normalized spacial score (nSPS) is 13.6. The molecule has 0 aliphatic carbocycles. The number of rotatable bonds is 5. The molecule has 3 aromatic carbocycles. The fraction of sp³-hybridized carbons (Fsp3) is 0.276. The molecule has 37 heavy (non-hydrogen) atoms. The van der Waals surface area contributed by atoms with Crippen LogP contribution in [0.1, 0.15) is 21.5 Å². The number of aryl methyl sites for hydroxylation is 2. The summed E-state index contributed by atoms with van der Waals surface area (Å²) in [6.07, 6.45) is 0. The summed E-state index contributed by atoms with van der Waals surface area (Å²) < 4.78 is 11.8. The first-order valence-electron chi connectivity index (χ1n) is 12.3. The Balaban J connectivity index is 1.58. The largest absolute Gasteiger partial charge is 0.497 e. The number of hydrogen-bond donors (Lipinski definition) is 0. The third-order valence-electron chi connectivity index (χ3n) is 6.87. The van der Waals surface area contributed by atoms with Gasteiger partial charge in [0.15, 0.2) is 0 Å². The minimum absolute atomic E-state index is 0.196. The van der Waals surface area contributed by atoms with Crippen LogP contribution in [0.2, 0.25) is 0 Å². The van der Waals surface area contributed by atoms with E-state index in [-0.39, 0.29) is 5.56 Å². The third-order valence-corrected chi connectivity index (χ3v) is 6.87. The molecule has 0 radical (unpaired) electrons. The Kier molecular flexibility index (Phi) is 6.56. The first kappa shape index (κ1) is 24.4. The average Bonchev–Trinajstić information content (AvgIpc) is 2.93. The van der Waals surface area contributed by atoms with Crippen LogP contribution in [-0.2, 0) is 4.74 Å². The second-order valence-electron chi connectivity index (χ2n) is 9.24. The predicted molar refractivity (Wildman–Crippen MR) is 146 cm³/mol. The zero-order valence-electron chi connectivity index (χ0n) is 21.5. The van der Waals surface area contributed by atoms with Crippen LogP contribution in [0.5, 0.6) is 5.75 Å². The molecule has 0 spiro atoms. The third kappa shape index (κ3) is 4.62. The number of esters is 1. The lowest BCUT2D eigenvalue weighted by Gasteiger charge is -2.38. The minimum Gasteiger partial charge on any atom is -0.497 e.